The smallest absolute Gasteiger partial charge is 0.223 e. The maximum Gasteiger partial charge on any atom is 0.223 e. The number of ketones is 1. The average molecular weight is 237 g/mol. The number of nitrogens with zero attached hydrogens (tertiary/aromatic N) is 1. The molecule has 2 fully saturated rings. The summed E-state index contributed by atoms with van der Waals surface area (Å²) in [5.74, 6) is 0.949. The number of hydrogen-bond donors (Lipinski definition) is 0. The standard InChI is InChI=1S/C14H23NO2/c1-14(2)12(16)8-9-15(14)13(17)10-11-6-4-3-5-7-11/h11H,3-10H2,1-2H3. The third-order valence-electron chi connectivity index (χ3n) is 4.41. The molecule has 0 radical (unpaired) electrons. The van der Waals surface area contributed by atoms with Gasteiger partial charge in [0.2, 0.25) is 5.91 Å². The molecule has 1 saturated heterocycles. The molecule has 1 aliphatic heterocycles. The lowest BCUT2D eigenvalue weighted by Crippen LogP contribution is -2.46. The predicted molar refractivity (Wildman–Crippen MR) is 66.6 cm³/mol. The summed E-state index contributed by atoms with van der Waals surface area (Å²) in [4.78, 5) is 25.8. The van der Waals surface area contributed by atoms with Gasteiger partial charge >= 0.3 is 0 Å². The van der Waals surface area contributed by atoms with Crippen LogP contribution in [0, 0.1) is 5.92 Å². The van der Waals surface area contributed by atoms with Crippen molar-refractivity contribution in [1.29, 1.82) is 0 Å². The van der Waals surface area contributed by atoms with Crippen LogP contribution in [0.15, 0.2) is 0 Å². The highest BCUT2D eigenvalue weighted by atomic mass is 16.2. The molecule has 0 N–H and O–H groups in total. The van der Waals surface area contributed by atoms with Gasteiger partial charge in [0, 0.05) is 19.4 Å². The Labute approximate surface area is 104 Å². The highest BCUT2D eigenvalue weighted by Crippen LogP contribution is 2.30. The van der Waals surface area contributed by atoms with E-state index < -0.39 is 5.54 Å². The van der Waals surface area contributed by atoms with Gasteiger partial charge in [0.15, 0.2) is 5.78 Å². The van der Waals surface area contributed by atoms with Gasteiger partial charge in [-0.1, -0.05) is 19.3 Å². The van der Waals surface area contributed by atoms with Crippen LogP contribution in [0.1, 0.15) is 58.8 Å². The van der Waals surface area contributed by atoms with E-state index in [-0.39, 0.29) is 11.7 Å². The molecule has 2 aliphatic rings. The molecule has 3 heteroatoms. The zero-order chi connectivity index (χ0) is 12.5. The Morgan fingerprint density at radius 1 is 1.29 bits per heavy atom. The first-order valence-electron chi connectivity index (χ1n) is 6.85. The molecule has 0 aromatic carbocycles. The first kappa shape index (κ1) is 12.6. The van der Waals surface area contributed by atoms with Crippen molar-refractivity contribution >= 4 is 11.7 Å². The molecule has 0 unspecified atom stereocenters. The van der Waals surface area contributed by atoms with E-state index in [1.165, 1.54) is 32.1 Å². The average Bonchev–Trinajstić information content (AvgIpc) is 2.55. The van der Waals surface area contributed by atoms with Gasteiger partial charge in [-0.2, -0.15) is 0 Å². The van der Waals surface area contributed by atoms with Gasteiger partial charge in [0.05, 0.1) is 5.54 Å². The van der Waals surface area contributed by atoms with Crippen molar-refractivity contribution in [2.75, 3.05) is 6.54 Å². The van der Waals surface area contributed by atoms with E-state index in [1.54, 1.807) is 4.90 Å². The van der Waals surface area contributed by atoms with Crippen molar-refractivity contribution < 1.29 is 9.59 Å². The molecular formula is C14H23NO2. The minimum atomic E-state index is -0.564. The van der Waals surface area contributed by atoms with Crippen LogP contribution >= 0.6 is 0 Å². The van der Waals surface area contributed by atoms with E-state index in [1.807, 2.05) is 13.8 Å². The minimum absolute atomic E-state index is 0.188. The summed E-state index contributed by atoms with van der Waals surface area (Å²) in [6.07, 6.45) is 7.40. The number of carbonyl (C=O) groups is 2. The Hall–Kier alpha value is -0.860. The van der Waals surface area contributed by atoms with E-state index in [0.29, 0.717) is 25.3 Å². The Morgan fingerprint density at radius 2 is 1.94 bits per heavy atom. The Morgan fingerprint density at radius 3 is 2.47 bits per heavy atom. The summed E-state index contributed by atoms with van der Waals surface area (Å²) in [7, 11) is 0. The van der Waals surface area contributed by atoms with E-state index in [4.69, 9.17) is 0 Å². The Kier molecular flexibility index (Phi) is 3.55. The normalized spacial score (nSPS) is 25.3. The van der Waals surface area contributed by atoms with E-state index in [0.717, 1.165) is 0 Å². The van der Waals surface area contributed by atoms with Gasteiger partial charge in [0.1, 0.15) is 0 Å². The van der Waals surface area contributed by atoms with Crippen LogP contribution in [0.3, 0.4) is 0 Å². The van der Waals surface area contributed by atoms with Crippen molar-refractivity contribution in [3.05, 3.63) is 0 Å². The monoisotopic (exact) mass is 237 g/mol. The van der Waals surface area contributed by atoms with Crippen molar-refractivity contribution in [2.45, 2.75) is 64.3 Å². The maximum absolute atomic E-state index is 12.2. The number of hydrogen-bond acceptors (Lipinski definition) is 2. The van der Waals surface area contributed by atoms with Gasteiger partial charge in [-0.3, -0.25) is 9.59 Å². The SMILES string of the molecule is CC1(C)C(=O)CCN1C(=O)CC1CCCCC1. The number of carbonyl (C=O) groups excluding carboxylic acids is 2. The summed E-state index contributed by atoms with van der Waals surface area (Å²) in [6, 6.07) is 0. The lowest BCUT2D eigenvalue weighted by atomic mass is 9.86. The van der Waals surface area contributed by atoms with Crippen LogP contribution in [0.2, 0.25) is 0 Å². The van der Waals surface area contributed by atoms with Gasteiger partial charge in [-0.05, 0) is 32.6 Å². The molecule has 0 aromatic rings. The lowest BCUT2D eigenvalue weighted by Gasteiger charge is -2.32. The number of rotatable bonds is 2. The lowest BCUT2D eigenvalue weighted by molar-refractivity contribution is -0.139. The first-order chi connectivity index (χ1) is 8.01. The van der Waals surface area contributed by atoms with Crippen LogP contribution in [-0.4, -0.2) is 28.7 Å². The molecule has 1 amide bonds. The molecule has 1 saturated carbocycles. The van der Waals surface area contributed by atoms with Gasteiger partial charge < -0.3 is 4.90 Å². The van der Waals surface area contributed by atoms with Crippen LogP contribution in [0.5, 0.6) is 0 Å². The van der Waals surface area contributed by atoms with Crippen LogP contribution in [0.25, 0.3) is 0 Å². The van der Waals surface area contributed by atoms with Crippen LogP contribution < -0.4 is 0 Å². The zero-order valence-corrected chi connectivity index (χ0v) is 11.0. The van der Waals surface area contributed by atoms with Crippen molar-refractivity contribution in [3.8, 4) is 0 Å². The largest absolute Gasteiger partial charge is 0.330 e. The predicted octanol–water partition coefficient (Wildman–Crippen LogP) is 2.54. The second-order valence-electron chi connectivity index (χ2n) is 5.99. The van der Waals surface area contributed by atoms with Gasteiger partial charge in [0.25, 0.3) is 0 Å². The molecule has 1 aliphatic carbocycles. The second kappa shape index (κ2) is 4.79. The molecule has 1 heterocycles. The highest BCUT2D eigenvalue weighted by Gasteiger charge is 2.42. The molecule has 2 rings (SSSR count). The summed E-state index contributed by atoms with van der Waals surface area (Å²) in [6.45, 7) is 4.37. The summed E-state index contributed by atoms with van der Waals surface area (Å²) in [5, 5.41) is 0. The molecule has 17 heavy (non-hydrogen) atoms. The third-order valence-corrected chi connectivity index (χ3v) is 4.41. The third kappa shape index (κ3) is 2.53. The van der Waals surface area contributed by atoms with Crippen molar-refractivity contribution in [3.63, 3.8) is 0 Å². The fraction of sp³-hybridized carbons (Fsp3) is 0.857. The van der Waals surface area contributed by atoms with Crippen molar-refractivity contribution in [1.82, 2.24) is 4.90 Å². The number of Topliss-reactive ketones (excluding diaryl/α,β-unsaturated/α-hetero) is 1. The molecule has 0 atom stereocenters. The summed E-state index contributed by atoms with van der Waals surface area (Å²) in [5.41, 5.74) is -0.564. The van der Waals surface area contributed by atoms with Gasteiger partial charge in [-0.25, -0.2) is 0 Å². The van der Waals surface area contributed by atoms with E-state index in [9.17, 15) is 9.59 Å². The molecule has 0 spiro atoms. The Balaban J connectivity index is 1.93. The molecular weight excluding hydrogens is 214 g/mol. The summed E-state index contributed by atoms with van der Waals surface area (Å²) < 4.78 is 0. The Bertz CT molecular complexity index is 316. The molecule has 96 valence electrons. The van der Waals surface area contributed by atoms with E-state index >= 15 is 0 Å². The number of likely N-dealkylation sites (tertiary alicyclic amines) is 1. The van der Waals surface area contributed by atoms with Gasteiger partial charge in [-0.15, -0.1) is 0 Å². The van der Waals surface area contributed by atoms with E-state index in [2.05, 4.69) is 0 Å². The van der Waals surface area contributed by atoms with Crippen molar-refractivity contribution in [2.24, 2.45) is 5.92 Å². The minimum Gasteiger partial charge on any atom is -0.330 e. The highest BCUT2D eigenvalue weighted by molar-refractivity contribution is 5.95. The maximum atomic E-state index is 12.2. The fourth-order valence-corrected chi connectivity index (χ4v) is 3.13. The summed E-state index contributed by atoms with van der Waals surface area (Å²) >= 11 is 0. The molecule has 0 bridgehead atoms. The second-order valence-corrected chi connectivity index (χ2v) is 5.99. The topological polar surface area (TPSA) is 37.4 Å². The zero-order valence-electron chi connectivity index (χ0n) is 11.0. The van der Waals surface area contributed by atoms with Crippen LogP contribution in [-0.2, 0) is 9.59 Å². The number of amides is 1. The first-order valence-corrected chi connectivity index (χ1v) is 6.85. The van der Waals surface area contributed by atoms with Crippen LogP contribution in [0.4, 0.5) is 0 Å². The molecule has 3 nitrogen and oxygen atoms in total. The fourth-order valence-electron chi connectivity index (χ4n) is 3.13. The quantitative estimate of drug-likeness (QED) is 0.740. The molecule has 0 aromatic heterocycles.